The number of anilines is 1. The normalized spacial score (nSPS) is 11.6. The van der Waals surface area contributed by atoms with Crippen LogP contribution in [0.25, 0.3) is 0 Å². The fourth-order valence-electron chi connectivity index (χ4n) is 2.88. The number of rotatable bonds is 16. The van der Waals surface area contributed by atoms with Crippen molar-refractivity contribution in [3.8, 4) is 5.75 Å². The Labute approximate surface area is 280 Å². The molecule has 0 saturated carbocycles. The Morgan fingerprint density at radius 2 is 1.72 bits per heavy atom. The summed E-state index contributed by atoms with van der Waals surface area (Å²) in [6.45, 7) is 2.30. The van der Waals surface area contributed by atoms with Crippen molar-refractivity contribution in [1.82, 2.24) is 0 Å². The van der Waals surface area contributed by atoms with Crippen LogP contribution < -0.4 is 74.0 Å². The predicted octanol–water partition coefficient (Wildman–Crippen LogP) is -3.35. The summed E-state index contributed by atoms with van der Waals surface area (Å²) in [4.78, 5) is 1.79. The molecule has 0 aromatic heterocycles. The van der Waals surface area contributed by atoms with Crippen LogP contribution in [0.5, 0.6) is 5.75 Å². The zero-order valence-electron chi connectivity index (χ0n) is 21.4. The second kappa shape index (κ2) is 19.2. The minimum atomic E-state index is -4.98. The molecule has 14 nitrogen and oxygen atoms in total. The minimum Gasteiger partial charge on any atom is -0.726 e. The van der Waals surface area contributed by atoms with E-state index in [0.29, 0.717) is 48.2 Å². The molecular weight excluding hydrogens is 624 g/mol. The van der Waals surface area contributed by atoms with Crippen molar-refractivity contribution in [2.75, 3.05) is 44.1 Å². The zero-order valence-corrected chi connectivity index (χ0v) is 28.6. The van der Waals surface area contributed by atoms with Crippen LogP contribution >= 0.6 is 23.9 Å². The average molecular weight is 646 g/mol. The molecule has 39 heavy (non-hydrogen) atoms. The number of benzene rings is 2. The monoisotopic (exact) mass is 645 g/mol. The zero-order chi connectivity index (χ0) is 27.5. The molecule has 2 aromatic rings. The van der Waals surface area contributed by atoms with Crippen LogP contribution in [0.15, 0.2) is 51.5 Å². The maximum atomic E-state index is 12.2. The van der Waals surface area contributed by atoms with Gasteiger partial charge in [-0.05, 0) is 37.3 Å². The Balaban J connectivity index is 0.00000722. The first-order valence-electron chi connectivity index (χ1n) is 10.2. The molecule has 2 rings (SSSR count). The summed E-state index contributed by atoms with van der Waals surface area (Å²) in [5.74, 6) is -0.241. The third-order valence-corrected chi connectivity index (χ3v) is 7.39. The van der Waals surface area contributed by atoms with E-state index in [9.17, 15) is 26.6 Å². The van der Waals surface area contributed by atoms with E-state index in [1.165, 1.54) is 31.4 Å². The van der Waals surface area contributed by atoms with Crippen LogP contribution in [-0.2, 0) is 38.0 Å². The molecule has 0 aliphatic heterocycles. The van der Waals surface area contributed by atoms with Gasteiger partial charge >= 0.3 is 59.1 Å². The van der Waals surface area contributed by atoms with E-state index in [2.05, 4.69) is 23.8 Å². The van der Waals surface area contributed by atoms with E-state index in [0.717, 1.165) is 0 Å². The van der Waals surface area contributed by atoms with Gasteiger partial charge in [-0.3, -0.25) is 13.4 Å². The van der Waals surface area contributed by atoms with E-state index >= 15 is 0 Å². The van der Waals surface area contributed by atoms with Gasteiger partial charge in [-0.25, -0.2) is 16.8 Å². The molecule has 0 atom stereocenters. The Morgan fingerprint density at radius 1 is 1.05 bits per heavy atom. The maximum absolute atomic E-state index is 12.2. The molecule has 0 amide bonds. The summed E-state index contributed by atoms with van der Waals surface area (Å²) >= 11 is 6.80. The number of sulfone groups is 1. The third kappa shape index (κ3) is 13.6. The third-order valence-electron chi connectivity index (χ3n) is 4.57. The van der Waals surface area contributed by atoms with E-state index in [1.807, 2.05) is 11.8 Å². The van der Waals surface area contributed by atoms with Crippen molar-refractivity contribution in [1.29, 1.82) is 0 Å². The quantitative estimate of drug-likeness (QED) is 0.0258. The van der Waals surface area contributed by atoms with Gasteiger partial charge in [0, 0.05) is 19.2 Å². The molecule has 20 heteroatoms. The molecule has 0 radical (unpaired) electrons. The summed E-state index contributed by atoms with van der Waals surface area (Å²) in [6, 6.07) is 8.51. The number of methoxy groups -OCH3 is 1. The van der Waals surface area contributed by atoms with Crippen LogP contribution in [0.3, 0.4) is 0 Å². The van der Waals surface area contributed by atoms with Gasteiger partial charge in [0.25, 0.3) is 0 Å². The second-order valence-electron chi connectivity index (χ2n) is 6.82. The molecule has 0 heterocycles. The first kappa shape index (κ1) is 38.9. The smallest absolute Gasteiger partial charge is 0.726 e. The summed E-state index contributed by atoms with van der Waals surface area (Å²) in [6.07, 6.45) is 0. The number of hydrogen-bond acceptors (Lipinski definition) is 15. The summed E-state index contributed by atoms with van der Waals surface area (Å²) in [5, 5.41) is 21.4. The number of nitrogens with zero attached hydrogens (tertiary/aromatic N) is 3. The summed E-state index contributed by atoms with van der Waals surface area (Å²) in [7, 11) is -7.40. The largest absolute Gasteiger partial charge is 1.00 e. The molecule has 0 saturated heterocycles. The summed E-state index contributed by atoms with van der Waals surface area (Å²) in [5.41, 5.74) is 1.26. The molecule has 0 fully saturated rings. The molecule has 0 bridgehead atoms. The molecule has 0 N–H and O–H groups in total. The van der Waals surface area contributed by atoms with E-state index in [1.54, 1.807) is 12.1 Å². The van der Waals surface area contributed by atoms with Crippen molar-refractivity contribution in [3.05, 3.63) is 41.4 Å². The molecule has 206 valence electrons. The Hall–Kier alpha value is -0.0600. The van der Waals surface area contributed by atoms with E-state index in [4.69, 9.17) is 20.5 Å². The van der Waals surface area contributed by atoms with Crippen LogP contribution in [0, 0.1) is 0 Å². The summed E-state index contributed by atoms with van der Waals surface area (Å²) < 4.78 is 74.3. The number of halogens is 1. The van der Waals surface area contributed by atoms with Gasteiger partial charge in [-0.15, -0.1) is 9.45 Å². The van der Waals surface area contributed by atoms with Gasteiger partial charge < -0.3 is 19.4 Å². The van der Waals surface area contributed by atoms with Crippen molar-refractivity contribution < 1.29 is 108 Å². The minimum absolute atomic E-state index is 0. The van der Waals surface area contributed by atoms with Crippen molar-refractivity contribution in [2.24, 2.45) is 10.2 Å². The number of likely N-dealkylation sites (N-methyl/N-ethyl adjacent to an activating group) is 1. The fraction of sp³-hybridized carbons (Fsp3) is 0.368. The first-order valence-corrected chi connectivity index (χ1v) is 14.3. The van der Waals surface area contributed by atoms with Crippen molar-refractivity contribution in [3.63, 3.8) is 0 Å². The van der Waals surface area contributed by atoms with E-state index < -0.39 is 32.6 Å². The predicted molar refractivity (Wildman–Crippen MR) is 130 cm³/mol. The number of hydrogen-bond donors (Lipinski definition) is 0. The van der Waals surface area contributed by atoms with Gasteiger partial charge in [0.1, 0.15) is 11.4 Å². The molecule has 0 spiro atoms. The van der Waals surface area contributed by atoms with Crippen LogP contribution in [0.1, 0.15) is 6.92 Å². The average Bonchev–Trinajstić information content (AvgIpc) is 2.85. The maximum Gasteiger partial charge on any atom is 1.00 e. The van der Waals surface area contributed by atoms with Gasteiger partial charge in [-0.1, -0.05) is 11.6 Å². The Morgan fingerprint density at radius 3 is 2.28 bits per heavy atom. The number of ether oxygens (including phenoxy) is 1. The molecule has 0 unspecified atom stereocenters. The molecule has 0 aliphatic carbocycles. The van der Waals surface area contributed by atoms with Crippen molar-refractivity contribution in [2.45, 2.75) is 11.8 Å². The number of azo groups is 1. The molecular formula is C19H22ClN3Na2O11S3. The molecule has 2 aromatic carbocycles. The van der Waals surface area contributed by atoms with E-state index in [-0.39, 0.29) is 75.6 Å². The fourth-order valence-corrected chi connectivity index (χ4v) is 4.76. The van der Waals surface area contributed by atoms with Gasteiger partial charge in [0.05, 0.1) is 47.4 Å². The topological polar surface area (TPSA) is 189 Å². The molecule has 0 aliphatic rings. The second-order valence-corrected chi connectivity index (χ2v) is 10.9. The SMILES string of the molecule is CCN(CCOSOO[O-])c1cc(Cl)c(N=Nc2ccc(S(=O)(=O)CCOS(=O)(=O)[O-])cc2)cc1OC.[Na+].[Na+]. The Bertz CT molecular complexity index is 1270. The van der Waals surface area contributed by atoms with Gasteiger partial charge in [0.2, 0.25) is 10.4 Å². The Kier molecular flexibility index (Phi) is 19.2. The van der Waals surface area contributed by atoms with Gasteiger partial charge in [-0.2, -0.15) is 5.11 Å². The standard InChI is InChI=1S/C19H24ClN3O11S3.2Na/c1-3-23(8-9-31-35-34-33-24)18-12-16(20)17(13-19(18)30-2)22-21-14-4-6-15(7-5-14)36(25,26)11-10-32-37(27,28)29;;/h4-7,12-13,24H,3,8-11H2,1-2H3,(H,27,28,29);;/q;2*+1/p-2. The van der Waals surface area contributed by atoms with Crippen LogP contribution in [0.2, 0.25) is 5.02 Å². The first-order chi connectivity index (χ1) is 17.5. The van der Waals surface area contributed by atoms with Crippen molar-refractivity contribution >= 4 is 61.2 Å². The van der Waals surface area contributed by atoms with Gasteiger partial charge in [0.15, 0.2) is 22.2 Å². The van der Waals surface area contributed by atoms with Crippen LogP contribution in [-0.4, -0.2) is 60.6 Å². The van der Waals surface area contributed by atoms with Crippen LogP contribution in [0.4, 0.5) is 17.1 Å².